The molecule has 0 aromatic carbocycles. The standard InChI is InChI=1S/C10H16F3N3O2S/c11-10(12,13)8-15-19(17,18)16-9(7-14)5-3-1-2-4-6-9/h15-16H,1-6,8H2. The number of nitrogens with one attached hydrogen (secondary N) is 2. The van der Waals surface area contributed by atoms with Crippen LogP contribution in [0.2, 0.25) is 0 Å². The molecule has 1 aliphatic rings. The summed E-state index contributed by atoms with van der Waals surface area (Å²) in [6, 6.07) is 1.90. The zero-order chi connectivity index (χ0) is 14.6. The highest BCUT2D eigenvalue weighted by Crippen LogP contribution is 2.27. The van der Waals surface area contributed by atoms with E-state index < -0.39 is 28.5 Å². The maximum atomic E-state index is 12.0. The van der Waals surface area contributed by atoms with Gasteiger partial charge in [0.25, 0.3) is 10.2 Å². The molecule has 0 spiro atoms. The number of nitriles is 1. The average molecular weight is 299 g/mol. The highest BCUT2D eigenvalue weighted by atomic mass is 32.2. The Morgan fingerprint density at radius 1 is 1.16 bits per heavy atom. The molecular formula is C10H16F3N3O2S. The van der Waals surface area contributed by atoms with E-state index in [1.807, 2.05) is 6.07 Å². The number of hydrogen-bond donors (Lipinski definition) is 2. The van der Waals surface area contributed by atoms with Gasteiger partial charge in [-0.15, -0.1) is 0 Å². The second-order valence-corrected chi connectivity index (χ2v) is 6.15. The van der Waals surface area contributed by atoms with E-state index in [1.54, 1.807) is 0 Å². The molecule has 1 fully saturated rings. The Hall–Kier alpha value is -0.850. The van der Waals surface area contributed by atoms with Crippen LogP contribution in [0.3, 0.4) is 0 Å². The molecule has 1 aliphatic carbocycles. The number of alkyl halides is 3. The Labute approximate surface area is 110 Å². The Kier molecular flexibility index (Phi) is 5.18. The van der Waals surface area contributed by atoms with Crippen molar-refractivity contribution in [1.82, 2.24) is 9.44 Å². The average Bonchev–Trinajstić information content (AvgIpc) is 2.52. The van der Waals surface area contributed by atoms with Crippen molar-refractivity contribution in [3.05, 3.63) is 0 Å². The van der Waals surface area contributed by atoms with Crippen LogP contribution < -0.4 is 9.44 Å². The van der Waals surface area contributed by atoms with Crippen molar-refractivity contribution in [2.24, 2.45) is 0 Å². The molecule has 0 aromatic rings. The maximum absolute atomic E-state index is 12.0. The van der Waals surface area contributed by atoms with Crippen molar-refractivity contribution >= 4 is 10.2 Å². The molecule has 0 unspecified atom stereocenters. The monoisotopic (exact) mass is 299 g/mol. The van der Waals surface area contributed by atoms with E-state index in [1.165, 1.54) is 4.72 Å². The van der Waals surface area contributed by atoms with Gasteiger partial charge in [0, 0.05) is 0 Å². The minimum absolute atomic E-state index is 0.316. The first-order chi connectivity index (χ1) is 8.68. The molecule has 1 rings (SSSR count). The minimum Gasteiger partial charge on any atom is -0.196 e. The van der Waals surface area contributed by atoms with E-state index >= 15 is 0 Å². The van der Waals surface area contributed by atoms with Crippen LogP contribution in [0.25, 0.3) is 0 Å². The number of hydrogen-bond acceptors (Lipinski definition) is 3. The molecular weight excluding hydrogens is 283 g/mol. The fraction of sp³-hybridized carbons (Fsp3) is 0.900. The predicted octanol–water partition coefficient (Wildman–Crippen LogP) is 1.59. The predicted molar refractivity (Wildman–Crippen MR) is 62.2 cm³/mol. The summed E-state index contributed by atoms with van der Waals surface area (Å²) in [4.78, 5) is 0. The Morgan fingerprint density at radius 3 is 2.11 bits per heavy atom. The topological polar surface area (TPSA) is 82.0 Å². The lowest BCUT2D eigenvalue weighted by Crippen LogP contribution is -2.52. The van der Waals surface area contributed by atoms with E-state index in [2.05, 4.69) is 4.72 Å². The van der Waals surface area contributed by atoms with E-state index in [0.29, 0.717) is 25.7 Å². The highest BCUT2D eigenvalue weighted by Gasteiger charge is 2.37. The minimum atomic E-state index is -4.63. The van der Waals surface area contributed by atoms with Crippen molar-refractivity contribution in [3.8, 4) is 6.07 Å². The second-order valence-electron chi connectivity index (χ2n) is 4.65. The smallest absolute Gasteiger partial charge is 0.196 e. The van der Waals surface area contributed by atoms with Crippen molar-refractivity contribution in [1.29, 1.82) is 5.26 Å². The van der Waals surface area contributed by atoms with Gasteiger partial charge >= 0.3 is 6.18 Å². The zero-order valence-corrected chi connectivity index (χ0v) is 11.1. The molecule has 2 N–H and O–H groups in total. The lowest BCUT2D eigenvalue weighted by Gasteiger charge is -2.26. The second kappa shape index (κ2) is 6.07. The summed E-state index contributed by atoms with van der Waals surface area (Å²) in [6.07, 6.45) is -0.863. The van der Waals surface area contributed by atoms with E-state index in [9.17, 15) is 21.6 Å². The van der Waals surface area contributed by atoms with Crippen LogP contribution in [0.5, 0.6) is 0 Å². The first kappa shape index (κ1) is 16.2. The lowest BCUT2D eigenvalue weighted by molar-refractivity contribution is -0.121. The van der Waals surface area contributed by atoms with Crippen LogP contribution in [0.4, 0.5) is 13.2 Å². The third kappa shape index (κ3) is 5.76. The maximum Gasteiger partial charge on any atom is 0.402 e. The zero-order valence-electron chi connectivity index (χ0n) is 10.3. The van der Waals surface area contributed by atoms with E-state index in [0.717, 1.165) is 12.8 Å². The molecule has 1 saturated carbocycles. The summed E-state index contributed by atoms with van der Waals surface area (Å²) in [5.41, 5.74) is -1.30. The third-order valence-corrected chi connectivity index (χ3v) is 4.15. The molecule has 0 aromatic heterocycles. The Bertz CT molecular complexity index is 434. The van der Waals surface area contributed by atoms with E-state index in [4.69, 9.17) is 5.26 Å². The third-order valence-electron chi connectivity index (χ3n) is 2.96. The van der Waals surface area contributed by atoms with Gasteiger partial charge in [0.1, 0.15) is 12.1 Å². The summed E-state index contributed by atoms with van der Waals surface area (Å²) in [6.45, 7) is -1.65. The van der Waals surface area contributed by atoms with Crippen molar-refractivity contribution < 1.29 is 21.6 Å². The summed E-state index contributed by atoms with van der Waals surface area (Å²) >= 11 is 0. The molecule has 19 heavy (non-hydrogen) atoms. The summed E-state index contributed by atoms with van der Waals surface area (Å²) in [5.74, 6) is 0. The van der Waals surface area contributed by atoms with Gasteiger partial charge < -0.3 is 0 Å². The van der Waals surface area contributed by atoms with Gasteiger partial charge in [0.05, 0.1) is 6.07 Å². The summed E-state index contributed by atoms with van der Waals surface area (Å²) in [5, 5.41) is 9.13. The van der Waals surface area contributed by atoms with Crippen LogP contribution in [-0.2, 0) is 10.2 Å². The molecule has 0 amide bonds. The van der Waals surface area contributed by atoms with Crippen LogP contribution in [-0.4, -0.2) is 26.7 Å². The SMILES string of the molecule is N#CC1(NS(=O)(=O)NCC(F)(F)F)CCCCCC1. The molecule has 5 nitrogen and oxygen atoms in total. The van der Waals surface area contributed by atoms with Gasteiger partial charge in [-0.25, -0.2) is 0 Å². The van der Waals surface area contributed by atoms with Crippen LogP contribution in [0.1, 0.15) is 38.5 Å². The number of halogens is 3. The number of rotatable bonds is 4. The van der Waals surface area contributed by atoms with Crippen molar-refractivity contribution in [2.75, 3.05) is 6.54 Å². The first-order valence-electron chi connectivity index (χ1n) is 5.95. The molecule has 110 valence electrons. The lowest BCUT2D eigenvalue weighted by atomic mass is 9.94. The molecule has 0 bridgehead atoms. The van der Waals surface area contributed by atoms with Gasteiger partial charge in [-0.05, 0) is 12.8 Å². The van der Waals surface area contributed by atoms with Crippen LogP contribution in [0.15, 0.2) is 0 Å². The fourth-order valence-electron chi connectivity index (χ4n) is 2.04. The molecule has 0 radical (unpaired) electrons. The highest BCUT2D eigenvalue weighted by molar-refractivity contribution is 7.87. The van der Waals surface area contributed by atoms with Crippen LogP contribution >= 0.6 is 0 Å². The quantitative estimate of drug-likeness (QED) is 0.773. The largest absolute Gasteiger partial charge is 0.402 e. The Morgan fingerprint density at radius 2 is 1.68 bits per heavy atom. The van der Waals surface area contributed by atoms with Gasteiger partial charge in [-0.3, -0.25) is 0 Å². The number of nitrogens with zero attached hydrogens (tertiary/aromatic N) is 1. The molecule has 9 heteroatoms. The van der Waals surface area contributed by atoms with Crippen molar-refractivity contribution in [2.45, 2.75) is 50.2 Å². The molecule has 0 atom stereocenters. The van der Waals surface area contributed by atoms with Gasteiger partial charge in [0.15, 0.2) is 0 Å². The van der Waals surface area contributed by atoms with Gasteiger partial charge in [-0.1, -0.05) is 25.7 Å². The Balaban J connectivity index is 2.71. The molecule has 0 saturated heterocycles. The van der Waals surface area contributed by atoms with Crippen molar-refractivity contribution in [3.63, 3.8) is 0 Å². The molecule has 0 aliphatic heterocycles. The van der Waals surface area contributed by atoms with E-state index in [-0.39, 0.29) is 0 Å². The molecule has 0 heterocycles. The van der Waals surface area contributed by atoms with Gasteiger partial charge in [0.2, 0.25) is 0 Å². The fourth-order valence-corrected chi connectivity index (χ4v) is 3.23. The van der Waals surface area contributed by atoms with Crippen LogP contribution in [0, 0.1) is 11.3 Å². The summed E-state index contributed by atoms with van der Waals surface area (Å²) < 4.78 is 62.5. The first-order valence-corrected chi connectivity index (χ1v) is 7.43. The normalized spacial score (nSPS) is 20.5. The summed E-state index contributed by atoms with van der Waals surface area (Å²) in [7, 11) is -4.34. The van der Waals surface area contributed by atoms with Gasteiger partial charge in [-0.2, -0.15) is 36.3 Å².